The molecule has 2 aliphatic rings. The molecule has 31 heavy (non-hydrogen) atoms. The van der Waals surface area contributed by atoms with Gasteiger partial charge in [0.2, 0.25) is 0 Å². The number of hydrogen-bond donors (Lipinski definition) is 1. The van der Waals surface area contributed by atoms with Crippen LogP contribution in [0, 0.1) is 19.8 Å². The summed E-state index contributed by atoms with van der Waals surface area (Å²) in [5.41, 5.74) is 7.27. The molecule has 0 fully saturated rings. The predicted octanol–water partition coefficient (Wildman–Crippen LogP) is 5.44. The zero-order valence-electron chi connectivity index (χ0n) is 18.4. The summed E-state index contributed by atoms with van der Waals surface area (Å²) >= 11 is 0. The third kappa shape index (κ3) is 3.25. The average Bonchev–Trinajstić information content (AvgIpc) is 3.08. The number of benzene rings is 2. The number of nitrogens with one attached hydrogen (secondary N) is 1. The smallest absolute Gasteiger partial charge is 0.163 e. The lowest BCUT2D eigenvalue weighted by Crippen LogP contribution is -2.33. The number of methoxy groups -OCH3 is 1. The number of carbonyl (C=O) groups excluding carboxylic acids is 1. The molecule has 0 saturated heterocycles. The van der Waals surface area contributed by atoms with Gasteiger partial charge < -0.3 is 10.1 Å². The van der Waals surface area contributed by atoms with Crippen LogP contribution in [0.3, 0.4) is 0 Å². The van der Waals surface area contributed by atoms with Crippen molar-refractivity contribution in [1.29, 1.82) is 0 Å². The summed E-state index contributed by atoms with van der Waals surface area (Å²) in [5.74, 6) is 2.33. The van der Waals surface area contributed by atoms with Gasteiger partial charge in [-0.3, -0.25) is 4.79 Å². The van der Waals surface area contributed by atoms with Gasteiger partial charge in [0.15, 0.2) is 5.78 Å². The third-order valence-electron chi connectivity index (χ3n) is 6.36. The number of ketones is 1. The van der Waals surface area contributed by atoms with E-state index >= 15 is 0 Å². The molecule has 3 aromatic rings. The predicted molar refractivity (Wildman–Crippen MR) is 122 cm³/mol. The Bertz CT molecular complexity index is 1190. The van der Waals surface area contributed by atoms with Crippen molar-refractivity contribution in [3.63, 3.8) is 0 Å². The molecule has 0 radical (unpaired) electrons. The summed E-state index contributed by atoms with van der Waals surface area (Å²) in [4.78, 5) is 13.2. The van der Waals surface area contributed by atoms with Crippen LogP contribution in [0.1, 0.15) is 42.6 Å². The number of fused-ring (bicyclic) bond motifs is 1. The van der Waals surface area contributed by atoms with E-state index in [2.05, 4.69) is 55.6 Å². The van der Waals surface area contributed by atoms with Gasteiger partial charge in [-0.25, -0.2) is 4.68 Å². The Morgan fingerprint density at radius 3 is 2.42 bits per heavy atom. The molecular formula is C26H27N3O2. The first-order valence-corrected chi connectivity index (χ1v) is 10.8. The fourth-order valence-corrected chi connectivity index (χ4v) is 4.84. The van der Waals surface area contributed by atoms with E-state index in [9.17, 15) is 4.79 Å². The first-order valence-electron chi connectivity index (χ1n) is 10.8. The van der Waals surface area contributed by atoms with Crippen molar-refractivity contribution in [2.24, 2.45) is 5.92 Å². The van der Waals surface area contributed by atoms with Crippen LogP contribution in [0.25, 0.3) is 11.1 Å². The van der Waals surface area contributed by atoms with Gasteiger partial charge >= 0.3 is 0 Å². The lowest BCUT2D eigenvalue weighted by Gasteiger charge is -2.35. The summed E-state index contributed by atoms with van der Waals surface area (Å²) in [6.45, 7) is 6.25. The van der Waals surface area contributed by atoms with Gasteiger partial charge in [0.1, 0.15) is 17.6 Å². The molecule has 5 heteroatoms. The monoisotopic (exact) mass is 413 g/mol. The van der Waals surface area contributed by atoms with Crippen molar-refractivity contribution in [1.82, 2.24) is 9.78 Å². The van der Waals surface area contributed by atoms with E-state index in [-0.39, 0.29) is 11.8 Å². The Kier molecular flexibility index (Phi) is 4.69. The van der Waals surface area contributed by atoms with Gasteiger partial charge in [-0.2, -0.15) is 5.10 Å². The summed E-state index contributed by atoms with van der Waals surface area (Å²) in [7, 11) is 1.67. The van der Waals surface area contributed by atoms with Crippen molar-refractivity contribution in [3.8, 4) is 16.9 Å². The van der Waals surface area contributed by atoms with Crippen molar-refractivity contribution in [2.45, 2.75) is 39.7 Å². The Morgan fingerprint density at radius 1 is 1.03 bits per heavy atom. The summed E-state index contributed by atoms with van der Waals surface area (Å²) in [6.07, 6.45) is 1.46. The van der Waals surface area contributed by atoms with Crippen molar-refractivity contribution < 1.29 is 9.53 Å². The first kappa shape index (κ1) is 19.6. The zero-order valence-corrected chi connectivity index (χ0v) is 18.4. The maximum Gasteiger partial charge on any atom is 0.163 e. The number of carbonyl (C=O) groups is 1. The summed E-state index contributed by atoms with van der Waals surface area (Å²) < 4.78 is 7.33. The van der Waals surface area contributed by atoms with Crippen LogP contribution in [-0.4, -0.2) is 22.7 Å². The lowest BCUT2D eigenvalue weighted by molar-refractivity contribution is -0.117. The highest BCUT2D eigenvalue weighted by molar-refractivity contribution is 6.00. The fourth-order valence-electron chi connectivity index (χ4n) is 4.84. The van der Waals surface area contributed by atoms with E-state index in [1.54, 1.807) is 7.11 Å². The highest BCUT2D eigenvalue weighted by atomic mass is 16.5. The maximum absolute atomic E-state index is 13.2. The number of Topliss-reactive ketones (excluding diaryl/α,β-unsaturated/α-hetero) is 1. The zero-order chi connectivity index (χ0) is 21.7. The quantitative estimate of drug-likeness (QED) is 0.621. The molecule has 0 unspecified atom stereocenters. The normalized spacial score (nSPS) is 20.2. The highest BCUT2D eigenvalue weighted by Crippen LogP contribution is 2.45. The minimum atomic E-state index is -0.211. The minimum absolute atomic E-state index is 0.211. The van der Waals surface area contributed by atoms with Gasteiger partial charge in [0, 0.05) is 23.3 Å². The highest BCUT2D eigenvalue weighted by Gasteiger charge is 2.39. The molecule has 158 valence electrons. The van der Waals surface area contributed by atoms with Gasteiger partial charge in [-0.15, -0.1) is 0 Å². The molecule has 0 spiro atoms. The lowest BCUT2D eigenvalue weighted by atomic mass is 9.81. The van der Waals surface area contributed by atoms with E-state index in [0.717, 1.165) is 51.6 Å². The molecule has 1 aliphatic carbocycles. The molecule has 2 heterocycles. The first-order chi connectivity index (χ1) is 15.0. The van der Waals surface area contributed by atoms with Crippen LogP contribution >= 0.6 is 0 Å². The Hall–Kier alpha value is -3.34. The van der Waals surface area contributed by atoms with Gasteiger partial charge in [-0.05, 0) is 49.4 Å². The Balaban J connectivity index is 1.71. The second-order valence-electron chi connectivity index (χ2n) is 8.75. The van der Waals surface area contributed by atoms with Crippen LogP contribution in [0.2, 0.25) is 0 Å². The number of ether oxygens (including phenoxy) is 1. The molecule has 1 N–H and O–H groups in total. The van der Waals surface area contributed by atoms with Crippen molar-refractivity contribution in [2.75, 3.05) is 12.4 Å². The standard InChI is InChI=1S/C26H27N3O2/c1-15-5-7-19(8-6-15)25-24-21(13-16(2)14-22(24)30)27-26-23(17(3)28-29(25)26)18-9-11-20(31-4)12-10-18/h5-12,16,25,27H,13-14H2,1-4H3/t16-,25+/m0/s1. The molecule has 2 atom stereocenters. The van der Waals surface area contributed by atoms with Gasteiger partial charge in [-0.1, -0.05) is 48.9 Å². The molecule has 1 aromatic heterocycles. The number of hydrogen-bond acceptors (Lipinski definition) is 4. The third-order valence-corrected chi connectivity index (χ3v) is 6.36. The Labute approximate surface area is 182 Å². The molecule has 0 bridgehead atoms. The van der Waals surface area contributed by atoms with E-state index in [4.69, 9.17) is 9.84 Å². The number of nitrogens with zero attached hydrogens (tertiary/aromatic N) is 2. The topological polar surface area (TPSA) is 56.1 Å². The van der Waals surface area contributed by atoms with Crippen molar-refractivity contribution >= 4 is 11.6 Å². The molecule has 2 aromatic carbocycles. The number of anilines is 1. The maximum atomic E-state index is 13.2. The molecule has 0 amide bonds. The van der Waals surface area contributed by atoms with Crippen LogP contribution in [0.15, 0.2) is 59.8 Å². The summed E-state index contributed by atoms with van der Waals surface area (Å²) in [5, 5.41) is 8.55. The second kappa shape index (κ2) is 7.41. The molecule has 5 nitrogen and oxygen atoms in total. The van der Waals surface area contributed by atoms with Crippen LogP contribution < -0.4 is 10.1 Å². The van der Waals surface area contributed by atoms with Gasteiger partial charge in [0.05, 0.1) is 12.8 Å². The largest absolute Gasteiger partial charge is 0.497 e. The number of aromatic nitrogens is 2. The number of allylic oxidation sites excluding steroid dienone is 2. The van der Waals surface area contributed by atoms with E-state index in [1.807, 2.05) is 23.7 Å². The molecule has 1 aliphatic heterocycles. The van der Waals surface area contributed by atoms with Crippen LogP contribution in [0.4, 0.5) is 5.82 Å². The second-order valence-corrected chi connectivity index (χ2v) is 8.75. The minimum Gasteiger partial charge on any atom is -0.497 e. The Morgan fingerprint density at radius 2 is 1.74 bits per heavy atom. The summed E-state index contributed by atoms with van der Waals surface area (Å²) in [6, 6.07) is 16.3. The van der Waals surface area contributed by atoms with Gasteiger partial charge in [0.25, 0.3) is 0 Å². The number of aryl methyl sites for hydroxylation is 2. The van der Waals surface area contributed by atoms with E-state index in [0.29, 0.717) is 12.3 Å². The van der Waals surface area contributed by atoms with Crippen LogP contribution in [0.5, 0.6) is 5.75 Å². The SMILES string of the molecule is COc1ccc(-c2c(C)nn3c2NC2=C(C(=O)C[C@@H](C)C2)[C@H]3c2ccc(C)cc2)cc1. The van der Waals surface area contributed by atoms with Crippen LogP contribution in [-0.2, 0) is 4.79 Å². The van der Waals surface area contributed by atoms with Crippen molar-refractivity contribution in [3.05, 3.63) is 76.6 Å². The average molecular weight is 414 g/mol. The molecule has 0 saturated carbocycles. The number of rotatable bonds is 3. The molecular weight excluding hydrogens is 386 g/mol. The fraction of sp³-hybridized carbons (Fsp3) is 0.308. The van der Waals surface area contributed by atoms with E-state index < -0.39 is 0 Å². The molecule has 5 rings (SSSR count). The van der Waals surface area contributed by atoms with E-state index in [1.165, 1.54) is 5.56 Å².